The first-order valence-electron chi connectivity index (χ1n) is 6.49. The summed E-state index contributed by atoms with van der Waals surface area (Å²) in [5.74, 6) is 3.38. The van der Waals surface area contributed by atoms with Crippen LogP contribution in [-0.2, 0) is 4.79 Å². The molecule has 0 aromatic heterocycles. The fraction of sp³-hybridized carbons (Fsp3) is 0.500. The summed E-state index contributed by atoms with van der Waals surface area (Å²) in [6, 6.07) is 9.85. The van der Waals surface area contributed by atoms with Gasteiger partial charge in [0.05, 0.1) is 6.67 Å². The molecule has 2 fully saturated rings. The summed E-state index contributed by atoms with van der Waals surface area (Å²) in [5.41, 5.74) is 1.07. The first-order chi connectivity index (χ1) is 8.84. The molecule has 1 N–H and O–H groups in total. The zero-order chi connectivity index (χ0) is 12.4. The number of rotatable bonds is 3. The molecule has 2 aliphatic heterocycles. The van der Waals surface area contributed by atoms with Gasteiger partial charge in [-0.1, -0.05) is 30.3 Å². The maximum absolute atomic E-state index is 12.4. The summed E-state index contributed by atoms with van der Waals surface area (Å²) >= 11 is 2.01. The van der Waals surface area contributed by atoms with Gasteiger partial charge in [0.2, 0.25) is 5.91 Å². The van der Waals surface area contributed by atoms with E-state index < -0.39 is 0 Å². The van der Waals surface area contributed by atoms with Gasteiger partial charge in [0.1, 0.15) is 6.04 Å². The second kappa shape index (κ2) is 5.33. The lowest BCUT2D eigenvalue weighted by atomic mass is 10.1. The third kappa shape index (κ3) is 2.40. The Hall–Kier alpha value is -1.00. The van der Waals surface area contributed by atoms with Gasteiger partial charge in [0.25, 0.3) is 0 Å². The topological polar surface area (TPSA) is 32.3 Å². The maximum atomic E-state index is 12.4. The van der Waals surface area contributed by atoms with E-state index in [1.54, 1.807) is 0 Å². The van der Waals surface area contributed by atoms with Crippen LogP contribution in [0.25, 0.3) is 0 Å². The normalized spacial score (nSPS) is 28.0. The molecule has 0 saturated carbocycles. The van der Waals surface area contributed by atoms with E-state index in [-0.39, 0.29) is 11.9 Å². The second-order valence-electron chi connectivity index (χ2n) is 5.00. The van der Waals surface area contributed by atoms with Gasteiger partial charge in [-0.2, -0.15) is 11.8 Å². The van der Waals surface area contributed by atoms with Gasteiger partial charge in [-0.15, -0.1) is 0 Å². The number of benzene rings is 1. The Labute approximate surface area is 112 Å². The quantitative estimate of drug-likeness (QED) is 0.902. The number of hydrogen-bond donors (Lipinski definition) is 1. The van der Waals surface area contributed by atoms with Crippen LogP contribution in [0, 0.1) is 5.92 Å². The van der Waals surface area contributed by atoms with Crippen LogP contribution in [0.1, 0.15) is 18.0 Å². The van der Waals surface area contributed by atoms with Crippen LogP contribution >= 0.6 is 11.8 Å². The number of amides is 1. The lowest BCUT2D eigenvalue weighted by Gasteiger charge is -2.19. The van der Waals surface area contributed by atoms with Crippen LogP contribution < -0.4 is 5.32 Å². The van der Waals surface area contributed by atoms with Crippen LogP contribution in [0.4, 0.5) is 0 Å². The molecular formula is C14H18N2OS. The molecule has 1 aromatic carbocycles. The van der Waals surface area contributed by atoms with E-state index in [1.165, 1.54) is 17.9 Å². The number of nitrogens with zero attached hydrogens (tertiary/aromatic N) is 1. The Morgan fingerprint density at radius 3 is 2.89 bits per heavy atom. The van der Waals surface area contributed by atoms with Crippen molar-refractivity contribution in [3.63, 3.8) is 0 Å². The molecule has 3 rings (SSSR count). The van der Waals surface area contributed by atoms with Gasteiger partial charge in [0, 0.05) is 6.54 Å². The summed E-state index contributed by atoms with van der Waals surface area (Å²) in [4.78, 5) is 14.3. The summed E-state index contributed by atoms with van der Waals surface area (Å²) < 4.78 is 0. The zero-order valence-electron chi connectivity index (χ0n) is 10.3. The maximum Gasteiger partial charge on any atom is 0.245 e. The predicted molar refractivity (Wildman–Crippen MR) is 74.3 cm³/mol. The van der Waals surface area contributed by atoms with Crippen LogP contribution in [0.2, 0.25) is 0 Å². The lowest BCUT2D eigenvalue weighted by molar-refractivity contribution is -0.129. The highest BCUT2D eigenvalue weighted by molar-refractivity contribution is 7.99. The molecule has 96 valence electrons. The highest BCUT2D eigenvalue weighted by Gasteiger charge is 2.33. The van der Waals surface area contributed by atoms with E-state index >= 15 is 0 Å². The van der Waals surface area contributed by atoms with E-state index in [1.807, 2.05) is 47.0 Å². The average Bonchev–Trinajstić information content (AvgIpc) is 3.03. The molecule has 1 amide bonds. The van der Waals surface area contributed by atoms with Crippen molar-refractivity contribution in [1.29, 1.82) is 0 Å². The predicted octanol–water partition coefficient (Wildman–Crippen LogP) is 1.87. The van der Waals surface area contributed by atoms with Crippen molar-refractivity contribution in [3.8, 4) is 0 Å². The highest BCUT2D eigenvalue weighted by Crippen LogP contribution is 2.27. The van der Waals surface area contributed by atoms with E-state index in [0.717, 1.165) is 12.1 Å². The molecule has 0 aliphatic carbocycles. The van der Waals surface area contributed by atoms with E-state index in [0.29, 0.717) is 12.6 Å². The van der Waals surface area contributed by atoms with Crippen molar-refractivity contribution in [2.75, 3.05) is 24.7 Å². The molecule has 2 unspecified atom stereocenters. The molecule has 2 saturated heterocycles. The Bertz CT molecular complexity index is 417. The van der Waals surface area contributed by atoms with E-state index in [9.17, 15) is 4.79 Å². The first-order valence-corrected chi connectivity index (χ1v) is 7.65. The molecule has 2 aliphatic rings. The third-order valence-electron chi connectivity index (χ3n) is 3.68. The van der Waals surface area contributed by atoms with Gasteiger partial charge in [-0.25, -0.2) is 0 Å². The number of thioether (sulfide) groups is 1. The second-order valence-corrected chi connectivity index (χ2v) is 6.15. The number of nitrogens with one attached hydrogen (secondary N) is 1. The monoisotopic (exact) mass is 262 g/mol. The van der Waals surface area contributed by atoms with Crippen LogP contribution in [0.15, 0.2) is 30.3 Å². The minimum absolute atomic E-state index is 0.139. The van der Waals surface area contributed by atoms with Crippen molar-refractivity contribution in [1.82, 2.24) is 10.2 Å². The van der Waals surface area contributed by atoms with Crippen molar-refractivity contribution in [2.24, 2.45) is 5.92 Å². The molecule has 2 heterocycles. The minimum atomic E-state index is -0.139. The summed E-state index contributed by atoms with van der Waals surface area (Å²) in [6.45, 7) is 1.61. The molecule has 18 heavy (non-hydrogen) atoms. The van der Waals surface area contributed by atoms with Crippen LogP contribution in [0.3, 0.4) is 0 Å². The first kappa shape index (κ1) is 12.1. The van der Waals surface area contributed by atoms with Crippen molar-refractivity contribution >= 4 is 17.7 Å². The van der Waals surface area contributed by atoms with E-state index in [4.69, 9.17) is 0 Å². The standard InChI is InChI=1S/C14H18N2OS/c17-14-13(12-4-2-1-3-5-12)15-10-16(14)8-11-6-7-18-9-11/h1-5,11,13,15H,6-10H2. The molecule has 0 spiro atoms. The molecule has 2 atom stereocenters. The van der Waals surface area contributed by atoms with Crippen molar-refractivity contribution < 1.29 is 4.79 Å². The SMILES string of the molecule is O=C1C(c2ccccc2)NCN1CC1CCSC1. The van der Waals surface area contributed by atoms with Gasteiger partial charge >= 0.3 is 0 Å². The largest absolute Gasteiger partial charge is 0.328 e. The molecule has 4 heteroatoms. The Kier molecular flexibility index (Phi) is 3.57. The number of carbonyl (C=O) groups is 1. The number of carbonyl (C=O) groups excluding carboxylic acids is 1. The van der Waals surface area contributed by atoms with Gasteiger partial charge in [0.15, 0.2) is 0 Å². The van der Waals surface area contributed by atoms with E-state index in [2.05, 4.69) is 5.32 Å². The van der Waals surface area contributed by atoms with Crippen LogP contribution in [-0.4, -0.2) is 35.5 Å². The smallest absolute Gasteiger partial charge is 0.245 e. The third-order valence-corrected chi connectivity index (χ3v) is 4.91. The van der Waals surface area contributed by atoms with Gasteiger partial charge < -0.3 is 4.90 Å². The molecule has 1 aromatic rings. The fourth-order valence-electron chi connectivity index (χ4n) is 2.65. The van der Waals surface area contributed by atoms with Gasteiger partial charge in [-0.05, 0) is 29.4 Å². The summed E-state index contributed by atoms with van der Waals surface area (Å²) in [7, 11) is 0. The zero-order valence-corrected chi connectivity index (χ0v) is 11.2. The summed E-state index contributed by atoms with van der Waals surface area (Å²) in [6.07, 6.45) is 1.25. The average molecular weight is 262 g/mol. The fourth-order valence-corrected chi connectivity index (χ4v) is 3.92. The van der Waals surface area contributed by atoms with Crippen molar-refractivity contribution in [3.05, 3.63) is 35.9 Å². The summed E-state index contributed by atoms with van der Waals surface area (Å²) in [5, 5.41) is 3.32. The Balaban J connectivity index is 1.65. The van der Waals surface area contributed by atoms with Crippen molar-refractivity contribution in [2.45, 2.75) is 12.5 Å². The Morgan fingerprint density at radius 1 is 1.33 bits per heavy atom. The highest BCUT2D eigenvalue weighted by atomic mass is 32.2. The number of hydrogen-bond acceptors (Lipinski definition) is 3. The Morgan fingerprint density at radius 2 is 2.17 bits per heavy atom. The van der Waals surface area contributed by atoms with Crippen LogP contribution in [0.5, 0.6) is 0 Å². The van der Waals surface area contributed by atoms with Gasteiger partial charge in [-0.3, -0.25) is 10.1 Å². The lowest BCUT2D eigenvalue weighted by Crippen LogP contribution is -2.32. The molecule has 3 nitrogen and oxygen atoms in total. The molecular weight excluding hydrogens is 244 g/mol. The molecule has 0 bridgehead atoms. The minimum Gasteiger partial charge on any atom is -0.328 e. The molecule has 0 radical (unpaired) electrons.